The fourth-order valence-electron chi connectivity index (χ4n) is 2.39. The number of carbonyl (C=O) groups is 3. The molecule has 0 aliphatic heterocycles. The first-order chi connectivity index (χ1) is 15.3. The molecular formula is C22H14BrCl2N3O4. The van der Waals surface area contributed by atoms with Crippen molar-refractivity contribution in [2.45, 2.75) is 0 Å². The zero-order valence-electron chi connectivity index (χ0n) is 16.1. The van der Waals surface area contributed by atoms with Crippen molar-refractivity contribution < 1.29 is 19.1 Å². The predicted octanol–water partition coefficient (Wildman–Crippen LogP) is 5.06. The topological polar surface area (TPSA) is 96.9 Å². The molecule has 0 aliphatic rings. The van der Waals surface area contributed by atoms with E-state index in [9.17, 15) is 14.4 Å². The number of halogens is 3. The maximum Gasteiger partial charge on any atom is 0.344 e. The van der Waals surface area contributed by atoms with Crippen LogP contribution in [0.15, 0.2) is 76.3 Å². The average Bonchev–Trinajstić information content (AvgIpc) is 2.77. The van der Waals surface area contributed by atoms with Gasteiger partial charge >= 0.3 is 17.8 Å². The molecule has 7 nitrogen and oxygen atoms in total. The number of esters is 1. The normalized spacial score (nSPS) is 10.6. The van der Waals surface area contributed by atoms with E-state index in [0.717, 1.165) is 0 Å². The Morgan fingerprint density at radius 1 is 0.906 bits per heavy atom. The quantitative estimate of drug-likeness (QED) is 0.157. The molecule has 3 rings (SSSR count). The Labute approximate surface area is 201 Å². The molecule has 0 aromatic heterocycles. The van der Waals surface area contributed by atoms with Gasteiger partial charge in [-0.05, 0) is 76.1 Å². The van der Waals surface area contributed by atoms with Crippen LogP contribution in [0.25, 0.3) is 0 Å². The highest BCUT2D eigenvalue weighted by Crippen LogP contribution is 2.25. The van der Waals surface area contributed by atoms with Crippen molar-refractivity contribution in [1.82, 2.24) is 5.43 Å². The van der Waals surface area contributed by atoms with Gasteiger partial charge in [-0.3, -0.25) is 9.59 Å². The highest BCUT2D eigenvalue weighted by atomic mass is 79.9. The summed E-state index contributed by atoms with van der Waals surface area (Å²) in [6, 6.07) is 17.8. The van der Waals surface area contributed by atoms with Gasteiger partial charge in [0.15, 0.2) is 0 Å². The Kier molecular flexibility index (Phi) is 7.99. The minimum absolute atomic E-state index is 0.244. The van der Waals surface area contributed by atoms with Gasteiger partial charge in [0.05, 0.1) is 21.8 Å². The van der Waals surface area contributed by atoms with Gasteiger partial charge in [-0.15, -0.1) is 0 Å². The summed E-state index contributed by atoms with van der Waals surface area (Å²) in [6.07, 6.45) is 1.34. The molecule has 10 heteroatoms. The van der Waals surface area contributed by atoms with Gasteiger partial charge in [-0.1, -0.05) is 35.3 Å². The Balaban J connectivity index is 1.52. The smallest absolute Gasteiger partial charge is 0.344 e. The lowest BCUT2D eigenvalue weighted by molar-refractivity contribution is -0.136. The maximum atomic E-state index is 12.2. The van der Waals surface area contributed by atoms with Gasteiger partial charge in [0, 0.05) is 10.2 Å². The SMILES string of the molecule is O=C(NN=Cc1ccc(OC(=O)c2ccccc2Br)cc1)C(=O)Nc1ccc(Cl)c(Cl)c1. The summed E-state index contributed by atoms with van der Waals surface area (Å²) in [5.74, 6) is -2.05. The average molecular weight is 535 g/mol. The number of ether oxygens (including phenoxy) is 1. The van der Waals surface area contributed by atoms with Crippen LogP contribution >= 0.6 is 39.1 Å². The molecular weight excluding hydrogens is 521 g/mol. The minimum atomic E-state index is -0.966. The molecule has 0 spiro atoms. The van der Waals surface area contributed by atoms with Crippen LogP contribution in [0.3, 0.4) is 0 Å². The summed E-state index contributed by atoms with van der Waals surface area (Å²) in [6.45, 7) is 0. The number of hydrogen-bond donors (Lipinski definition) is 2. The zero-order chi connectivity index (χ0) is 23.1. The fraction of sp³-hybridized carbons (Fsp3) is 0. The van der Waals surface area contributed by atoms with Crippen LogP contribution in [-0.2, 0) is 9.59 Å². The van der Waals surface area contributed by atoms with E-state index in [-0.39, 0.29) is 5.02 Å². The molecule has 0 saturated heterocycles. The van der Waals surface area contributed by atoms with Gasteiger partial charge in [0.2, 0.25) is 0 Å². The number of anilines is 1. The first-order valence-corrected chi connectivity index (χ1v) is 10.5. The van der Waals surface area contributed by atoms with E-state index in [1.165, 1.54) is 24.4 Å². The van der Waals surface area contributed by atoms with E-state index in [1.807, 2.05) is 0 Å². The second kappa shape index (κ2) is 10.9. The lowest BCUT2D eigenvalue weighted by Crippen LogP contribution is -2.32. The third-order valence-electron chi connectivity index (χ3n) is 3.95. The number of benzene rings is 3. The van der Waals surface area contributed by atoms with Crippen LogP contribution in [0.2, 0.25) is 10.0 Å². The van der Waals surface area contributed by atoms with Crippen LogP contribution in [0, 0.1) is 0 Å². The van der Waals surface area contributed by atoms with E-state index >= 15 is 0 Å². The molecule has 3 aromatic carbocycles. The van der Waals surface area contributed by atoms with Crippen LogP contribution in [-0.4, -0.2) is 24.0 Å². The molecule has 162 valence electrons. The Morgan fingerprint density at radius 3 is 2.31 bits per heavy atom. The maximum absolute atomic E-state index is 12.2. The molecule has 2 amide bonds. The zero-order valence-corrected chi connectivity index (χ0v) is 19.2. The number of nitrogens with one attached hydrogen (secondary N) is 2. The fourth-order valence-corrected chi connectivity index (χ4v) is 3.13. The molecule has 0 radical (unpaired) electrons. The lowest BCUT2D eigenvalue weighted by Gasteiger charge is -2.06. The highest BCUT2D eigenvalue weighted by molar-refractivity contribution is 9.10. The third kappa shape index (κ3) is 6.40. The van der Waals surface area contributed by atoms with E-state index in [1.54, 1.807) is 48.5 Å². The number of carbonyl (C=O) groups excluding carboxylic acids is 3. The summed E-state index contributed by atoms with van der Waals surface area (Å²) in [5, 5.41) is 6.69. The van der Waals surface area contributed by atoms with Gasteiger partial charge < -0.3 is 10.1 Å². The van der Waals surface area contributed by atoms with Crippen LogP contribution < -0.4 is 15.5 Å². The summed E-state index contributed by atoms with van der Waals surface area (Å²) in [5.41, 5.74) is 3.45. The van der Waals surface area contributed by atoms with Gasteiger partial charge in [0.25, 0.3) is 0 Å². The molecule has 0 aliphatic carbocycles. The highest BCUT2D eigenvalue weighted by Gasteiger charge is 2.14. The molecule has 0 unspecified atom stereocenters. The van der Waals surface area contributed by atoms with Crippen LogP contribution in [0.4, 0.5) is 5.69 Å². The van der Waals surface area contributed by atoms with Crippen LogP contribution in [0.5, 0.6) is 5.75 Å². The Bertz CT molecular complexity index is 1200. The van der Waals surface area contributed by atoms with E-state index in [4.69, 9.17) is 27.9 Å². The molecule has 0 bridgehead atoms. The summed E-state index contributed by atoms with van der Waals surface area (Å²) in [4.78, 5) is 36.0. The number of rotatable bonds is 5. The molecule has 0 fully saturated rings. The second-order valence-electron chi connectivity index (χ2n) is 6.22. The standard InChI is InChI=1S/C22H14BrCl2N3O4/c23-17-4-2-1-3-16(17)22(31)32-15-8-5-13(6-9-15)12-26-28-21(30)20(29)27-14-7-10-18(24)19(25)11-14/h1-12H,(H,27,29)(H,28,30). The molecule has 0 saturated carbocycles. The Hall–Kier alpha value is -3.20. The minimum Gasteiger partial charge on any atom is -0.423 e. The molecule has 3 aromatic rings. The number of hydrogen-bond acceptors (Lipinski definition) is 5. The lowest BCUT2D eigenvalue weighted by atomic mass is 10.2. The number of amides is 2. The van der Waals surface area contributed by atoms with E-state index in [0.29, 0.717) is 32.1 Å². The summed E-state index contributed by atoms with van der Waals surface area (Å²) < 4.78 is 5.96. The number of nitrogens with zero attached hydrogens (tertiary/aromatic N) is 1. The molecule has 0 heterocycles. The van der Waals surface area contributed by atoms with Crippen LogP contribution in [0.1, 0.15) is 15.9 Å². The van der Waals surface area contributed by atoms with Crippen molar-refractivity contribution in [2.24, 2.45) is 5.10 Å². The summed E-state index contributed by atoms with van der Waals surface area (Å²) in [7, 11) is 0. The molecule has 2 N–H and O–H groups in total. The molecule has 0 atom stereocenters. The van der Waals surface area contributed by atoms with Gasteiger partial charge in [0.1, 0.15) is 5.75 Å². The molecule has 32 heavy (non-hydrogen) atoms. The van der Waals surface area contributed by atoms with Crippen molar-refractivity contribution in [2.75, 3.05) is 5.32 Å². The first kappa shape index (κ1) is 23.5. The largest absolute Gasteiger partial charge is 0.423 e. The van der Waals surface area contributed by atoms with E-state index in [2.05, 4.69) is 31.8 Å². The van der Waals surface area contributed by atoms with Crippen molar-refractivity contribution in [1.29, 1.82) is 0 Å². The van der Waals surface area contributed by atoms with E-state index < -0.39 is 17.8 Å². The number of hydrazone groups is 1. The van der Waals surface area contributed by atoms with Crippen molar-refractivity contribution in [3.05, 3.63) is 92.4 Å². The first-order valence-electron chi connectivity index (χ1n) is 8.99. The second-order valence-corrected chi connectivity index (χ2v) is 7.89. The summed E-state index contributed by atoms with van der Waals surface area (Å²) >= 11 is 15.0. The van der Waals surface area contributed by atoms with Crippen molar-refractivity contribution in [3.63, 3.8) is 0 Å². The van der Waals surface area contributed by atoms with Gasteiger partial charge in [-0.25, -0.2) is 10.2 Å². The van der Waals surface area contributed by atoms with Crippen molar-refractivity contribution in [3.8, 4) is 5.75 Å². The van der Waals surface area contributed by atoms with Gasteiger partial charge in [-0.2, -0.15) is 5.10 Å². The monoisotopic (exact) mass is 533 g/mol. The Morgan fingerprint density at radius 2 is 1.62 bits per heavy atom. The third-order valence-corrected chi connectivity index (χ3v) is 5.38. The predicted molar refractivity (Wildman–Crippen MR) is 126 cm³/mol. The van der Waals surface area contributed by atoms with Crippen molar-refractivity contribution >= 4 is 68.8 Å².